The lowest BCUT2D eigenvalue weighted by atomic mass is 9.91. The Hall–Kier alpha value is -1.55. The average Bonchev–Trinajstić information content (AvgIpc) is 3.15. The van der Waals surface area contributed by atoms with Gasteiger partial charge < -0.3 is 18.6 Å². The first-order chi connectivity index (χ1) is 18.3. The van der Waals surface area contributed by atoms with Gasteiger partial charge in [-0.1, -0.05) is 141 Å². The van der Waals surface area contributed by atoms with Gasteiger partial charge in [0, 0.05) is 5.92 Å². The van der Waals surface area contributed by atoms with Crippen molar-refractivity contribution in [2.45, 2.75) is 67.7 Å². The monoisotopic (exact) mass is 642 g/mol. The second kappa shape index (κ2) is 11.9. The van der Waals surface area contributed by atoms with E-state index in [1.807, 2.05) is 18.2 Å². The smallest absolute Gasteiger partial charge is 0.261 e. The third kappa shape index (κ3) is 5.53. The predicted octanol–water partition coefficient (Wildman–Crippen LogP) is 5.75. The third-order valence-corrected chi connectivity index (χ3v) is 14.5. The predicted molar refractivity (Wildman–Crippen MR) is 164 cm³/mol. The fourth-order valence-corrected chi connectivity index (χ4v) is 12.0. The first-order valence-electron chi connectivity index (χ1n) is 13.6. The summed E-state index contributed by atoms with van der Waals surface area (Å²) in [6.07, 6.45) is 0.0236. The van der Waals surface area contributed by atoms with Gasteiger partial charge in [0.15, 0.2) is 0 Å². The van der Waals surface area contributed by atoms with Crippen LogP contribution in [0.25, 0.3) is 0 Å². The molecule has 0 aromatic heterocycles. The summed E-state index contributed by atoms with van der Waals surface area (Å²) in [4.78, 5) is 0. The van der Waals surface area contributed by atoms with Gasteiger partial charge in [0.1, 0.15) is 12.2 Å². The van der Waals surface area contributed by atoms with Gasteiger partial charge >= 0.3 is 0 Å². The average molecular weight is 643 g/mol. The number of halogens is 1. The lowest BCUT2D eigenvalue weighted by Crippen LogP contribution is -2.67. The zero-order valence-corrected chi connectivity index (χ0v) is 25.9. The van der Waals surface area contributed by atoms with Gasteiger partial charge in [-0.25, -0.2) is 0 Å². The number of hydrogen-bond acceptors (Lipinski definition) is 4. The summed E-state index contributed by atoms with van der Waals surface area (Å²) in [6.45, 7) is 10.8. The fourth-order valence-electron chi connectivity index (χ4n) is 6.02. The van der Waals surface area contributed by atoms with Gasteiger partial charge in [-0.2, -0.15) is 0 Å². The molecule has 2 heterocycles. The number of hydrogen-bond donors (Lipinski definition) is 0. The zero-order chi connectivity index (χ0) is 26.8. The van der Waals surface area contributed by atoms with Gasteiger partial charge in [-0.15, -0.1) is 0 Å². The molecule has 0 radical (unpaired) electrons. The molecule has 6 heteroatoms. The van der Waals surface area contributed by atoms with Crippen LogP contribution in [0.4, 0.5) is 0 Å². The van der Waals surface area contributed by atoms with Crippen molar-refractivity contribution in [1.82, 2.24) is 0 Å². The topological polar surface area (TPSA) is 36.9 Å². The largest absolute Gasteiger partial charge is 0.405 e. The van der Waals surface area contributed by atoms with Crippen LogP contribution in [0.1, 0.15) is 33.3 Å². The minimum atomic E-state index is -2.64. The molecule has 2 saturated heterocycles. The summed E-state index contributed by atoms with van der Waals surface area (Å²) in [5, 5.41) is 2.49. The van der Waals surface area contributed by atoms with E-state index in [-0.39, 0.29) is 35.4 Å². The van der Waals surface area contributed by atoms with Gasteiger partial charge in [0.05, 0.1) is 36.0 Å². The number of fused-ring (bicyclic) bond motifs is 2. The van der Waals surface area contributed by atoms with Crippen molar-refractivity contribution in [2.24, 2.45) is 5.92 Å². The molecule has 0 unspecified atom stereocenters. The van der Waals surface area contributed by atoms with Crippen LogP contribution >= 0.6 is 22.6 Å². The van der Waals surface area contributed by atoms with Crippen molar-refractivity contribution in [2.75, 3.05) is 13.2 Å². The molecule has 2 aliphatic heterocycles. The second-order valence-corrected chi connectivity index (χ2v) is 17.3. The van der Waals surface area contributed by atoms with Gasteiger partial charge in [-0.05, 0) is 21.0 Å². The Kier molecular flexibility index (Phi) is 8.77. The minimum absolute atomic E-state index is 0.0117. The van der Waals surface area contributed by atoms with E-state index < -0.39 is 8.32 Å². The minimum Gasteiger partial charge on any atom is -0.405 e. The maximum Gasteiger partial charge on any atom is 0.261 e. The number of ether oxygens (including phenoxy) is 3. The van der Waals surface area contributed by atoms with E-state index in [0.717, 1.165) is 0 Å². The van der Waals surface area contributed by atoms with Crippen LogP contribution in [0.2, 0.25) is 5.04 Å². The molecule has 3 aromatic rings. The van der Waals surface area contributed by atoms with Crippen LogP contribution in [0.5, 0.6) is 0 Å². The van der Waals surface area contributed by atoms with Crippen LogP contribution in [0.3, 0.4) is 0 Å². The van der Waals surface area contributed by atoms with Crippen LogP contribution in [-0.2, 0) is 25.2 Å². The highest BCUT2D eigenvalue weighted by molar-refractivity contribution is 14.1. The Morgan fingerprint density at radius 2 is 1.26 bits per heavy atom. The highest BCUT2D eigenvalue weighted by Gasteiger charge is 2.55. The van der Waals surface area contributed by atoms with E-state index in [0.29, 0.717) is 23.7 Å². The molecule has 0 N–H and O–H groups in total. The summed E-state index contributed by atoms with van der Waals surface area (Å²) >= 11 is 2.52. The summed E-state index contributed by atoms with van der Waals surface area (Å²) in [5.74, 6) is 0.252. The van der Waals surface area contributed by atoms with Crippen LogP contribution in [-0.4, -0.2) is 49.9 Å². The first-order valence-corrected chi connectivity index (χ1v) is 16.8. The Bertz CT molecular complexity index is 1110. The molecule has 38 heavy (non-hydrogen) atoms. The van der Waals surface area contributed by atoms with E-state index in [1.165, 1.54) is 15.9 Å². The molecule has 0 saturated carbocycles. The summed E-state index contributed by atoms with van der Waals surface area (Å²) in [6, 6.07) is 31.9. The van der Waals surface area contributed by atoms with Gasteiger partial charge in [-0.3, -0.25) is 0 Å². The van der Waals surface area contributed by atoms with Crippen molar-refractivity contribution in [3.8, 4) is 0 Å². The molecular formula is C32H39IO4Si. The van der Waals surface area contributed by atoms with Crippen molar-refractivity contribution < 1.29 is 18.6 Å². The standard InChI is InChI=1S/C32H39IO4Si/c1-23-27(21-34-20-24-14-8-5-9-15-24)36-31-28(37-30(23)29(31)33)22-35-38(32(2,3)4,25-16-10-6-11-17-25)26-18-12-7-13-19-26/h5-19,23,27-31H,20-22H2,1-4H3/t23-,27-,28+,29+,30-,31-/m0/s1. The molecule has 2 bridgehead atoms. The SMILES string of the molecule is C[C@@H]1[C@@H]2O[C@H](CO[Si](c3ccccc3)(c3ccccc3)C(C)(C)C)[C@H](O[C@H]1COCc1ccccc1)[C@@H]2I. The van der Waals surface area contributed by atoms with Crippen LogP contribution < -0.4 is 10.4 Å². The lowest BCUT2D eigenvalue weighted by molar-refractivity contribution is -0.102. The Morgan fingerprint density at radius 3 is 1.82 bits per heavy atom. The normalized spacial score (nSPS) is 27.4. The van der Waals surface area contributed by atoms with Crippen molar-refractivity contribution >= 4 is 41.3 Å². The Morgan fingerprint density at radius 1 is 0.737 bits per heavy atom. The molecule has 2 fully saturated rings. The Labute approximate surface area is 242 Å². The molecule has 4 nitrogen and oxygen atoms in total. The highest BCUT2D eigenvalue weighted by atomic mass is 127. The van der Waals surface area contributed by atoms with E-state index in [9.17, 15) is 0 Å². The van der Waals surface area contributed by atoms with Crippen molar-refractivity contribution in [3.63, 3.8) is 0 Å². The van der Waals surface area contributed by atoms with Crippen molar-refractivity contribution in [3.05, 3.63) is 96.6 Å². The Balaban J connectivity index is 1.34. The van der Waals surface area contributed by atoms with Gasteiger partial charge in [0.25, 0.3) is 8.32 Å². The molecule has 0 amide bonds. The van der Waals surface area contributed by atoms with E-state index in [2.05, 4.69) is 123 Å². The number of rotatable bonds is 9. The molecule has 0 spiro atoms. The summed E-state index contributed by atoms with van der Waals surface area (Å²) < 4.78 is 27.0. The molecule has 2 aliphatic rings. The molecule has 3 aromatic carbocycles. The van der Waals surface area contributed by atoms with Crippen LogP contribution in [0.15, 0.2) is 91.0 Å². The van der Waals surface area contributed by atoms with Gasteiger partial charge in [0.2, 0.25) is 0 Å². The molecular weight excluding hydrogens is 603 g/mol. The first kappa shape index (κ1) is 28.0. The maximum atomic E-state index is 7.22. The highest BCUT2D eigenvalue weighted by Crippen LogP contribution is 2.43. The second-order valence-electron chi connectivity index (χ2n) is 11.6. The molecule has 202 valence electrons. The number of alkyl halides is 1. The molecule has 6 atom stereocenters. The molecule has 5 rings (SSSR count). The molecule has 0 aliphatic carbocycles. The van der Waals surface area contributed by atoms with Crippen molar-refractivity contribution in [1.29, 1.82) is 0 Å². The maximum absolute atomic E-state index is 7.22. The van der Waals surface area contributed by atoms with E-state index in [4.69, 9.17) is 18.6 Å². The number of benzene rings is 3. The van der Waals surface area contributed by atoms with Crippen LogP contribution in [0, 0.1) is 5.92 Å². The van der Waals surface area contributed by atoms with E-state index in [1.54, 1.807) is 0 Å². The summed E-state index contributed by atoms with van der Waals surface area (Å²) in [7, 11) is -2.64. The quantitative estimate of drug-likeness (QED) is 0.169. The summed E-state index contributed by atoms with van der Waals surface area (Å²) in [5.41, 5.74) is 1.18. The lowest BCUT2D eigenvalue weighted by Gasteiger charge is -2.43. The fraction of sp³-hybridized carbons (Fsp3) is 0.438. The third-order valence-electron chi connectivity index (χ3n) is 8.04. The zero-order valence-electron chi connectivity index (χ0n) is 22.8. The van der Waals surface area contributed by atoms with E-state index >= 15 is 0 Å².